The summed E-state index contributed by atoms with van der Waals surface area (Å²) in [4.78, 5) is 43.5. The number of carbonyl (C=O) groups is 1. The van der Waals surface area contributed by atoms with Crippen molar-refractivity contribution in [2.24, 2.45) is 4.99 Å². The average Bonchev–Trinajstić information content (AvgIpc) is 3.26. The van der Waals surface area contributed by atoms with E-state index in [1.165, 1.54) is 10.6 Å². The number of benzene rings is 3. The van der Waals surface area contributed by atoms with Crippen LogP contribution < -0.4 is 19.6 Å². The first kappa shape index (κ1) is 30.6. The summed E-state index contributed by atoms with van der Waals surface area (Å²) >= 11 is 7.95. The molecule has 1 aromatic heterocycles. The molecule has 3 aromatic carbocycles. The molecule has 0 N–H and O–H groups in total. The van der Waals surface area contributed by atoms with Crippen molar-refractivity contribution < 1.29 is 19.2 Å². The van der Waals surface area contributed by atoms with Gasteiger partial charge in [-0.25, -0.2) is 9.79 Å². The summed E-state index contributed by atoms with van der Waals surface area (Å²) in [6.45, 7) is 5.70. The molecule has 9 nitrogen and oxygen atoms in total. The molecule has 0 radical (unpaired) electrons. The van der Waals surface area contributed by atoms with Crippen molar-refractivity contribution in [2.45, 2.75) is 33.4 Å². The summed E-state index contributed by atoms with van der Waals surface area (Å²) in [6, 6.07) is 17.3. The number of fused-ring (bicyclic) bond motifs is 1. The van der Waals surface area contributed by atoms with E-state index in [2.05, 4.69) is 36.9 Å². The molecule has 0 amide bonds. The Kier molecular flexibility index (Phi) is 9.09. The van der Waals surface area contributed by atoms with Crippen molar-refractivity contribution in [2.75, 3.05) is 6.61 Å². The first-order valence-corrected chi connectivity index (χ1v) is 15.6. The van der Waals surface area contributed by atoms with E-state index in [4.69, 9.17) is 9.47 Å². The summed E-state index contributed by atoms with van der Waals surface area (Å²) in [5, 5.41) is 12.0. The van der Waals surface area contributed by atoms with Gasteiger partial charge >= 0.3 is 11.7 Å². The standard InChI is InChI=1S/C31H25Br2N3O6S/c1-4-41-30(38)26-18(3)34-31-35(27(26)21-9-5-17(2)6-10-21)29(37)25(43-31)15-20-13-23(33)28(24(14-20)36(39)40)42-16-19-7-11-22(32)12-8-19/h5-15,27H,4,16H2,1-3H3/b25-15-/t27-/m1/s1. The minimum Gasteiger partial charge on any atom is -0.481 e. The van der Waals surface area contributed by atoms with Gasteiger partial charge < -0.3 is 9.47 Å². The largest absolute Gasteiger partial charge is 0.481 e. The Morgan fingerprint density at radius 3 is 2.47 bits per heavy atom. The van der Waals surface area contributed by atoms with Gasteiger partial charge in [0, 0.05) is 10.5 Å². The van der Waals surface area contributed by atoms with Crippen LogP contribution in [-0.4, -0.2) is 22.1 Å². The Balaban J connectivity index is 1.59. The van der Waals surface area contributed by atoms with Gasteiger partial charge in [-0.3, -0.25) is 19.5 Å². The van der Waals surface area contributed by atoms with Crippen LogP contribution >= 0.6 is 43.2 Å². The maximum Gasteiger partial charge on any atom is 0.338 e. The van der Waals surface area contributed by atoms with Gasteiger partial charge in [0.15, 0.2) is 4.80 Å². The second-order valence-corrected chi connectivity index (χ2v) is 12.5. The number of carbonyl (C=O) groups excluding carboxylic acids is 1. The third-order valence-electron chi connectivity index (χ3n) is 6.75. The molecule has 0 saturated carbocycles. The van der Waals surface area contributed by atoms with Gasteiger partial charge in [0.25, 0.3) is 5.56 Å². The number of aromatic nitrogens is 1. The number of halogens is 2. The highest BCUT2D eigenvalue weighted by molar-refractivity contribution is 9.10. The molecule has 1 aliphatic heterocycles. The fourth-order valence-electron chi connectivity index (χ4n) is 4.70. The first-order valence-electron chi connectivity index (χ1n) is 13.2. The number of hydrogen-bond donors (Lipinski definition) is 0. The quantitative estimate of drug-likeness (QED) is 0.123. The van der Waals surface area contributed by atoms with Crippen LogP contribution in [0.2, 0.25) is 0 Å². The molecule has 43 heavy (non-hydrogen) atoms. The van der Waals surface area contributed by atoms with Crippen LogP contribution in [0.25, 0.3) is 6.08 Å². The van der Waals surface area contributed by atoms with Crippen LogP contribution in [0.4, 0.5) is 5.69 Å². The lowest BCUT2D eigenvalue weighted by Crippen LogP contribution is -2.39. The van der Waals surface area contributed by atoms with Gasteiger partial charge in [0.1, 0.15) is 6.61 Å². The molecule has 2 heterocycles. The highest BCUT2D eigenvalue weighted by Crippen LogP contribution is 2.37. The number of hydrogen-bond acceptors (Lipinski definition) is 8. The Labute approximate surface area is 267 Å². The lowest BCUT2D eigenvalue weighted by Gasteiger charge is -2.24. The third kappa shape index (κ3) is 6.41. The van der Waals surface area contributed by atoms with E-state index in [-0.39, 0.29) is 35.8 Å². The zero-order chi connectivity index (χ0) is 30.8. The number of esters is 1. The number of nitro benzene ring substituents is 1. The Hall–Kier alpha value is -3.87. The molecule has 0 unspecified atom stereocenters. The second-order valence-electron chi connectivity index (χ2n) is 9.74. The van der Waals surface area contributed by atoms with E-state index in [0.717, 1.165) is 32.5 Å². The van der Waals surface area contributed by atoms with Crippen LogP contribution in [0, 0.1) is 17.0 Å². The molecule has 1 aliphatic rings. The summed E-state index contributed by atoms with van der Waals surface area (Å²) in [6.07, 6.45) is 1.58. The Morgan fingerprint density at radius 2 is 1.81 bits per heavy atom. The topological polar surface area (TPSA) is 113 Å². The fourth-order valence-corrected chi connectivity index (χ4v) is 6.60. The molecule has 0 spiro atoms. The molecule has 1 atom stereocenters. The summed E-state index contributed by atoms with van der Waals surface area (Å²) in [7, 11) is 0. The van der Waals surface area contributed by atoms with Crippen molar-refractivity contribution in [3.63, 3.8) is 0 Å². The van der Waals surface area contributed by atoms with Crippen molar-refractivity contribution in [1.82, 2.24) is 4.57 Å². The predicted molar refractivity (Wildman–Crippen MR) is 171 cm³/mol. The maximum absolute atomic E-state index is 13.9. The molecule has 0 aliphatic carbocycles. The Bertz CT molecular complexity index is 1950. The number of allylic oxidation sites excluding steroid dienone is 1. The van der Waals surface area contributed by atoms with Gasteiger partial charge in [-0.05, 0) is 77.7 Å². The monoisotopic (exact) mass is 725 g/mol. The minimum absolute atomic E-state index is 0.0839. The maximum atomic E-state index is 13.9. The summed E-state index contributed by atoms with van der Waals surface area (Å²) in [5.41, 5.74) is 3.16. The van der Waals surface area contributed by atoms with E-state index < -0.39 is 16.9 Å². The van der Waals surface area contributed by atoms with Crippen molar-refractivity contribution in [3.8, 4) is 5.75 Å². The third-order valence-corrected chi connectivity index (χ3v) is 8.85. The first-order chi connectivity index (χ1) is 20.6. The van der Waals surface area contributed by atoms with E-state index in [0.29, 0.717) is 25.1 Å². The van der Waals surface area contributed by atoms with Gasteiger partial charge in [-0.2, -0.15) is 0 Å². The molecule has 220 valence electrons. The lowest BCUT2D eigenvalue weighted by molar-refractivity contribution is -0.386. The SMILES string of the molecule is CCOC(=O)C1=C(C)N=c2s/c(=C\c3cc(Br)c(OCc4ccc(Br)cc4)c([N+](=O)[O-])c3)c(=O)n2[C@@H]1c1ccc(C)cc1. The molecule has 4 aromatic rings. The van der Waals surface area contributed by atoms with Crippen molar-refractivity contribution >= 4 is 60.9 Å². The van der Waals surface area contributed by atoms with Crippen molar-refractivity contribution in [1.29, 1.82) is 0 Å². The van der Waals surface area contributed by atoms with Crippen LogP contribution in [0.1, 0.15) is 42.1 Å². The van der Waals surface area contributed by atoms with E-state index in [1.54, 1.807) is 26.0 Å². The molecule has 0 bridgehead atoms. The van der Waals surface area contributed by atoms with Gasteiger partial charge in [0.2, 0.25) is 5.75 Å². The number of aryl methyl sites for hydroxylation is 1. The Morgan fingerprint density at radius 1 is 1.12 bits per heavy atom. The van der Waals surface area contributed by atoms with Crippen LogP contribution in [0.3, 0.4) is 0 Å². The molecule has 0 saturated heterocycles. The minimum atomic E-state index is -0.742. The van der Waals surface area contributed by atoms with Crippen molar-refractivity contribution in [3.05, 3.63) is 133 Å². The average molecular weight is 727 g/mol. The molecule has 5 rings (SSSR count). The molecular formula is C31H25Br2N3O6S. The molecule has 0 fully saturated rings. The predicted octanol–water partition coefficient (Wildman–Crippen LogP) is 6.12. The summed E-state index contributed by atoms with van der Waals surface area (Å²) in [5.74, 6) is -0.456. The zero-order valence-corrected chi connectivity index (χ0v) is 27.3. The van der Waals surface area contributed by atoms with E-state index >= 15 is 0 Å². The van der Waals surface area contributed by atoms with E-state index in [1.807, 2.05) is 55.5 Å². The van der Waals surface area contributed by atoms with Gasteiger partial charge in [0.05, 0.1) is 37.8 Å². The van der Waals surface area contributed by atoms with Crippen LogP contribution in [0.5, 0.6) is 5.75 Å². The van der Waals surface area contributed by atoms with Crippen LogP contribution in [-0.2, 0) is 16.1 Å². The highest BCUT2D eigenvalue weighted by atomic mass is 79.9. The molecular weight excluding hydrogens is 702 g/mol. The number of nitrogens with zero attached hydrogens (tertiary/aromatic N) is 3. The van der Waals surface area contributed by atoms with Crippen LogP contribution in [0.15, 0.2) is 90.7 Å². The number of rotatable bonds is 8. The molecule has 12 heteroatoms. The van der Waals surface area contributed by atoms with E-state index in [9.17, 15) is 19.7 Å². The summed E-state index contributed by atoms with van der Waals surface area (Å²) < 4.78 is 14.3. The number of ether oxygens (including phenoxy) is 2. The fraction of sp³-hybridized carbons (Fsp3) is 0.194. The number of thiazole rings is 1. The lowest BCUT2D eigenvalue weighted by atomic mass is 9.95. The smallest absolute Gasteiger partial charge is 0.338 e. The zero-order valence-electron chi connectivity index (χ0n) is 23.3. The highest BCUT2D eigenvalue weighted by Gasteiger charge is 2.33. The normalized spacial score (nSPS) is 14.7. The number of nitro groups is 1. The van der Waals surface area contributed by atoms with Gasteiger partial charge in [-0.15, -0.1) is 0 Å². The van der Waals surface area contributed by atoms with Gasteiger partial charge in [-0.1, -0.05) is 69.2 Å². The second kappa shape index (κ2) is 12.8.